The lowest BCUT2D eigenvalue weighted by Gasteiger charge is -2.07. The number of hydrogen-bond acceptors (Lipinski definition) is 2. The maximum absolute atomic E-state index is 13.4. The van der Waals surface area contributed by atoms with Gasteiger partial charge in [0.05, 0.1) is 11.6 Å². The van der Waals surface area contributed by atoms with Crippen molar-refractivity contribution in [3.05, 3.63) is 64.4 Å². The number of rotatable bonds is 5. The first-order valence-corrected chi connectivity index (χ1v) is 6.73. The summed E-state index contributed by atoms with van der Waals surface area (Å²) in [5.41, 5.74) is 0.607. The summed E-state index contributed by atoms with van der Waals surface area (Å²) in [6.45, 7) is 2.65. The quantitative estimate of drug-likeness (QED) is 0.759. The summed E-state index contributed by atoms with van der Waals surface area (Å²) < 4.78 is 18.8. The molecule has 0 amide bonds. The van der Waals surface area contributed by atoms with Crippen molar-refractivity contribution < 1.29 is 13.9 Å². The fourth-order valence-corrected chi connectivity index (χ4v) is 1.97. The molecule has 0 heterocycles. The summed E-state index contributed by atoms with van der Waals surface area (Å²) >= 11 is 5.82. The van der Waals surface area contributed by atoms with E-state index in [1.54, 1.807) is 24.3 Å². The third-order valence-electron chi connectivity index (χ3n) is 2.79. The predicted octanol–water partition coefficient (Wildman–Crippen LogP) is 4.50. The largest absolute Gasteiger partial charge is 0.494 e. The van der Waals surface area contributed by atoms with E-state index in [4.69, 9.17) is 16.3 Å². The number of carbonyl (C=O) groups excluding carboxylic acids is 1. The van der Waals surface area contributed by atoms with Gasteiger partial charge in [0.1, 0.15) is 11.6 Å². The summed E-state index contributed by atoms with van der Waals surface area (Å²) in [7, 11) is 0. The average molecular weight is 293 g/mol. The number of ether oxygens (including phenoxy) is 1. The number of carbonyl (C=O) groups is 1. The van der Waals surface area contributed by atoms with Gasteiger partial charge < -0.3 is 4.74 Å². The first-order chi connectivity index (χ1) is 9.63. The molecular formula is C16H14ClFO2. The van der Waals surface area contributed by atoms with Crippen LogP contribution in [0.4, 0.5) is 4.39 Å². The molecule has 0 aliphatic rings. The summed E-state index contributed by atoms with van der Waals surface area (Å²) in [6.07, 6.45) is 0.916. The summed E-state index contributed by atoms with van der Waals surface area (Å²) in [5.74, 6) is -0.203. The highest BCUT2D eigenvalue weighted by Gasteiger charge is 2.15. The van der Waals surface area contributed by atoms with Crippen LogP contribution in [0.5, 0.6) is 5.75 Å². The van der Waals surface area contributed by atoms with Crippen molar-refractivity contribution in [2.75, 3.05) is 6.61 Å². The van der Waals surface area contributed by atoms with E-state index in [-0.39, 0.29) is 16.4 Å². The van der Waals surface area contributed by atoms with E-state index >= 15 is 0 Å². The lowest BCUT2D eigenvalue weighted by atomic mass is 10.0. The van der Waals surface area contributed by atoms with Gasteiger partial charge in [0.15, 0.2) is 5.78 Å². The van der Waals surface area contributed by atoms with E-state index in [2.05, 4.69) is 0 Å². The maximum atomic E-state index is 13.4. The van der Waals surface area contributed by atoms with Crippen molar-refractivity contribution in [2.24, 2.45) is 0 Å². The average Bonchev–Trinajstić information content (AvgIpc) is 2.48. The van der Waals surface area contributed by atoms with Crippen LogP contribution in [0.25, 0.3) is 0 Å². The molecule has 104 valence electrons. The second-order valence-corrected chi connectivity index (χ2v) is 4.68. The Morgan fingerprint density at radius 1 is 1.20 bits per heavy atom. The summed E-state index contributed by atoms with van der Waals surface area (Å²) in [6, 6.07) is 10.9. The van der Waals surface area contributed by atoms with E-state index in [1.165, 1.54) is 18.2 Å². The molecule has 2 nitrogen and oxygen atoms in total. The van der Waals surface area contributed by atoms with Crippen molar-refractivity contribution >= 4 is 17.4 Å². The molecule has 2 aromatic rings. The minimum Gasteiger partial charge on any atom is -0.494 e. The Bertz CT molecular complexity index is 608. The zero-order valence-electron chi connectivity index (χ0n) is 11.0. The van der Waals surface area contributed by atoms with Crippen LogP contribution in [0.2, 0.25) is 5.02 Å². The van der Waals surface area contributed by atoms with E-state index in [9.17, 15) is 9.18 Å². The lowest BCUT2D eigenvalue weighted by molar-refractivity contribution is 0.103. The molecule has 0 radical (unpaired) electrons. The van der Waals surface area contributed by atoms with Crippen LogP contribution < -0.4 is 4.74 Å². The molecule has 0 spiro atoms. The van der Waals surface area contributed by atoms with Crippen molar-refractivity contribution in [3.8, 4) is 5.75 Å². The summed E-state index contributed by atoms with van der Waals surface area (Å²) in [5, 5.41) is -0.149. The molecule has 2 aromatic carbocycles. The molecule has 0 N–H and O–H groups in total. The molecule has 0 aliphatic carbocycles. The Balaban J connectivity index is 2.23. The molecule has 4 heteroatoms. The van der Waals surface area contributed by atoms with Gasteiger partial charge in [0.25, 0.3) is 0 Å². The molecule has 0 saturated carbocycles. The van der Waals surface area contributed by atoms with E-state index in [1.807, 2.05) is 6.92 Å². The zero-order chi connectivity index (χ0) is 14.5. The fraction of sp³-hybridized carbons (Fsp3) is 0.188. The van der Waals surface area contributed by atoms with Crippen LogP contribution in [0.15, 0.2) is 42.5 Å². The second kappa shape index (κ2) is 6.53. The Morgan fingerprint density at radius 2 is 1.90 bits per heavy atom. The summed E-state index contributed by atoms with van der Waals surface area (Å²) in [4.78, 5) is 12.3. The first-order valence-electron chi connectivity index (χ1n) is 6.35. The predicted molar refractivity (Wildman–Crippen MR) is 77.1 cm³/mol. The first kappa shape index (κ1) is 14.5. The fourth-order valence-electron chi connectivity index (χ4n) is 1.76. The van der Waals surface area contributed by atoms with Crippen molar-refractivity contribution in [3.63, 3.8) is 0 Å². The molecule has 0 fully saturated rings. The van der Waals surface area contributed by atoms with Crippen LogP contribution in [0.3, 0.4) is 0 Å². The van der Waals surface area contributed by atoms with Gasteiger partial charge in [0.2, 0.25) is 0 Å². The molecule has 2 rings (SSSR count). The molecular weight excluding hydrogens is 279 g/mol. The molecule has 0 aromatic heterocycles. The minimum absolute atomic E-state index is 0.149. The Hall–Kier alpha value is -1.87. The smallest absolute Gasteiger partial charge is 0.194 e. The van der Waals surface area contributed by atoms with Crippen LogP contribution in [0.1, 0.15) is 29.3 Å². The highest BCUT2D eigenvalue weighted by molar-refractivity contribution is 6.35. The van der Waals surface area contributed by atoms with E-state index < -0.39 is 5.82 Å². The normalized spacial score (nSPS) is 10.3. The van der Waals surface area contributed by atoms with Crippen LogP contribution in [0, 0.1) is 5.82 Å². The molecule has 0 saturated heterocycles. The minimum atomic E-state index is -0.597. The van der Waals surface area contributed by atoms with Crippen molar-refractivity contribution in [2.45, 2.75) is 13.3 Å². The zero-order valence-corrected chi connectivity index (χ0v) is 11.8. The Labute approximate surface area is 122 Å². The van der Waals surface area contributed by atoms with Gasteiger partial charge in [-0.2, -0.15) is 0 Å². The lowest BCUT2D eigenvalue weighted by Crippen LogP contribution is -2.03. The monoisotopic (exact) mass is 292 g/mol. The second-order valence-electron chi connectivity index (χ2n) is 4.30. The molecule has 0 bridgehead atoms. The van der Waals surface area contributed by atoms with Gasteiger partial charge in [-0.3, -0.25) is 4.79 Å². The van der Waals surface area contributed by atoms with E-state index in [0.29, 0.717) is 17.9 Å². The number of benzene rings is 2. The number of hydrogen-bond donors (Lipinski definition) is 0. The number of ketones is 1. The topological polar surface area (TPSA) is 26.3 Å². The SMILES string of the molecule is CCCOc1ccc(C(=O)c2cccc(F)c2Cl)cc1. The highest BCUT2D eigenvalue weighted by Crippen LogP contribution is 2.23. The third-order valence-corrected chi connectivity index (χ3v) is 3.17. The van der Waals surface area contributed by atoms with Crippen LogP contribution in [-0.2, 0) is 0 Å². The molecule has 0 atom stereocenters. The van der Waals surface area contributed by atoms with Gasteiger partial charge in [-0.05, 0) is 42.8 Å². The van der Waals surface area contributed by atoms with Crippen LogP contribution in [-0.4, -0.2) is 12.4 Å². The third kappa shape index (κ3) is 3.17. The molecule has 20 heavy (non-hydrogen) atoms. The highest BCUT2D eigenvalue weighted by atomic mass is 35.5. The van der Waals surface area contributed by atoms with Gasteiger partial charge in [0, 0.05) is 11.1 Å². The van der Waals surface area contributed by atoms with Gasteiger partial charge in [-0.25, -0.2) is 4.39 Å². The van der Waals surface area contributed by atoms with Gasteiger partial charge in [-0.1, -0.05) is 24.6 Å². The van der Waals surface area contributed by atoms with E-state index in [0.717, 1.165) is 6.42 Å². The Kier molecular flexibility index (Phi) is 4.74. The maximum Gasteiger partial charge on any atom is 0.194 e. The standard InChI is InChI=1S/C16H14ClFO2/c1-2-10-20-12-8-6-11(7-9-12)16(19)13-4-3-5-14(18)15(13)17/h3-9H,2,10H2,1H3. The molecule has 0 unspecified atom stereocenters. The Morgan fingerprint density at radius 3 is 2.55 bits per heavy atom. The molecule has 0 aliphatic heterocycles. The number of halogens is 2. The van der Waals surface area contributed by atoms with Gasteiger partial charge >= 0.3 is 0 Å². The van der Waals surface area contributed by atoms with Crippen molar-refractivity contribution in [1.82, 2.24) is 0 Å². The van der Waals surface area contributed by atoms with Gasteiger partial charge in [-0.15, -0.1) is 0 Å². The van der Waals surface area contributed by atoms with Crippen LogP contribution >= 0.6 is 11.6 Å². The van der Waals surface area contributed by atoms with Crippen molar-refractivity contribution in [1.29, 1.82) is 0 Å².